The summed E-state index contributed by atoms with van der Waals surface area (Å²) in [6, 6.07) is 8.47. The van der Waals surface area contributed by atoms with Crippen LogP contribution in [0.2, 0.25) is 4.34 Å². The van der Waals surface area contributed by atoms with Crippen molar-refractivity contribution in [2.45, 2.75) is 17.3 Å². The molecule has 3 heterocycles. The van der Waals surface area contributed by atoms with Gasteiger partial charge in [-0.1, -0.05) is 11.6 Å². The van der Waals surface area contributed by atoms with Gasteiger partial charge in [0.05, 0.1) is 27.1 Å². The van der Waals surface area contributed by atoms with Gasteiger partial charge in [-0.15, -0.1) is 11.3 Å². The highest BCUT2D eigenvalue weighted by atomic mass is 35.5. The number of amides is 2. The van der Waals surface area contributed by atoms with Crippen molar-refractivity contribution in [3.63, 3.8) is 0 Å². The average Bonchev–Trinajstić information content (AvgIpc) is 3.25. The first-order valence-electron chi connectivity index (χ1n) is 10.2. The second-order valence-electron chi connectivity index (χ2n) is 7.52. The fraction of sp³-hybridized carbons (Fsp3) is 0.143. The summed E-state index contributed by atoms with van der Waals surface area (Å²) in [6.45, 7) is 0.296. The predicted octanol–water partition coefficient (Wildman–Crippen LogP) is 4.29. The van der Waals surface area contributed by atoms with Crippen molar-refractivity contribution in [1.29, 1.82) is 0 Å². The third-order valence-corrected chi connectivity index (χ3v) is 7.86. The van der Waals surface area contributed by atoms with Crippen LogP contribution in [0.4, 0.5) is 29.3 Å². The lowest BCUT2D eigenvalue weighted by atomic mass is 10.2. The molecule has 10 nitrogen and oxygen atoms in total. The number of aryl methyl sites for hydroxylation is 1. The molecule has 2 amide bonds. The molecule has 37 heavy (non-hydrogen) atoms. The van der Waals surface area contributed by atoms with Crippen molar-refractivity contribution in [2.24, 2.45) is 0 Å². The molecule has 0 aliphatic rings. The van der Waals surface area contributed by atoms with E-state index in [1.54, 1.807) is 0 Å². The van der Waals surface area contributed by atoms with Crippen molar-refractivity contribution in [3.05, 3.63) is 69.2 Å². The Kier molecular flexibility index (Phi) is 7.12. The van der Waals surface area contributed by atoms with Crippen LogP contribution >= 0.6 is 22.9 Å². The van der Waals surface area contributed by atoms with Gasteiger partial charge in [-0.05, 0) is 49.4 Å². The van der Waals surface area contributed by atoms with Crippen molar-refractivity contribution >= 4 is 61.3 Å². The Hall–Kier alpha value is -3.69. The van der Waals surface area contributed by atoms with Crippen LogP contribution in [0, 0.1) is 6.92 Å². The number of nitrogens with one attached hydrogen (secondary N) is 3. The predicted molar refractivity (Wildman–Crippen MR) is 133 cm³/mol. The highest BCUT2D eigenvalue weighted by Crippen LogP contribution is 2.25. The number of halogens is 4. The number of nitrogens with zero attached hydrogens (tertiary/aromatic N) is 3. The molecule has 4 rings (SSSR count). The van der Waals surface area contributed by atoms with E-state index in [0.29, 0.717) is 0 Å². The lowest BCUT2D eigenvalue weighted by Gasteiger charge is -2.13. The Bertz CT molecular complexity index is 1650. The topological polar surface area (TPSA) is 135 Å². The minimum atomic E-state index is -4.40. The van der Waals surface area contributed by atoms with E-state index in [-0.39, 0.29) is 42.5 Å². The number of pyridine rings is 1. The van der Waals surface area contributed by atoms with Crippen LogP contribution in [0.3, 0.4) is 0 Å². The second-order valence-corrected chi connectivity index (χ2v) is 11.1. The second kappa shape index (κ2) is 9.99. The van der Waals surface area contributed by atoms with E-state index in [2.05, 4.69) is 20.6 Å². The van der Waals surface area contributed by atoms with Crippen LogP contribution in [0.25, 0.3) is 16.7 Å². The number of urea groups is 1. The maximum Gasteiger partial charge on any atom is 0.405 e. The van der Waals surface area contributed by atoms with Crippen molar-refractivity contribution in [3.8, 4) is 5.82 Å². The first-order chi connectivity index (χ1) is 17.3. The summed E-state index contributed by atoms with van der Waals surface area (Å²) < 4.78 is 65.0. The van der Waals surface area contributed by atoms with Gasteiger partial charge in [-0.25, -0.2) is 32.5 Å². The number of hydrogen-bond acceptors (Lipinski definition) is 8. The van der Waals surface area contributed by atoms with Gasteiger partial charge < -0.3 is 10.6 Å². The molecule has 0 saturated carbocycles. The highest BCUT2D eigenvalue weighted by molar-refractivity contribution is 7.92. The minimum absolute atomic E-state index is 0.136. The molecular weight excluding hydrogens is 557 g/mol. The molecule has 3 N–H and O–H groups in total. The average molecular weight is 573 g/mol. The van der Waals surface area contributed by atoms with E-state index in [1.807, 2.05) is 4.72 Å². The number of benzene rings is 1. The molecule has 0 saturated heterocycles. The van der Waals surface area contributed by atoms with Crippen LogP contribution in [-0.2, 0) is 10.0 Å². The number of fused-ring (bicyclic) bond motifs is 1. The van der Waals surface area contributed by atoms with Crippen molar-refractivity contribution in [2.75, 3.05) is 17.2 Å². The van der Waals surface area contributed by atoms with Gasteiger partial charge >= 0.3 is 12.2 Å². The number of hydrogen-bond donors (Lipinski definition) is 3. The van der Waals surface area contributed by atoms with Crippen molar-refractivity contribution < 1.29 is 26.4 Å². The third kappa shape index (κ3) is 6.18. The van der Waals surface area contributed by atoms with Gasteiger partial charge in [0.2, 0.25) is 0 Å². The van der Waals surface area contributed by atoms with E-state index in [4.69, 9.17) is 11.6 Å². The summed E-state index contributed by atoms with van der Waals surface area (Å²) in [4.78, 5) is 33.7. The number of sulfonamides is 1. The summed E-state index contributed by atoms with van der Waals surface area (Å²) in [5.41, 5.74) is -0.00367. The third-order valence-electron chi connectivity index (χ3n) is 4.81. The van der Waals surface area contributed by atoms with Gasteiger partial charge in [0, 0.05) is 5.69 Å². The van der Waals surface area contributed by atoms with E-state index in [1.165, 1.54) is 60.2 Å². The highest BCUT2D eigenvalue weighted by Gasteiger charge is 2.26. The maximum absolute atomic E-state index is 13.1. The van der Waals surface area contributed by atoms with Crippen LogP contribution in [0.5, 0.6) is 0 Å². The fourth-order valence-corrected chi connectivity index (χ4v) is 5.63. The summed E-state index contributed by atoms with van der Waals surface area (Å²) >= 11 is 6.52. The maximum atomic E-state index is 13.1. The van der Waals surface area contributed by atoms with Crippen molar-refractivity contribution in [1.82, 2.24) is 19.3 Å². The van der Waals surface area contributed by atoms with E-state index >= 15 is 0 Å². The molecule has 0 fully saturated rings. The molecule has 0 atom stereocenters. The van der Waals surface area contributed by atoms with Gasteiger partial charge in [0.25, 0.3) is 15.6 Å². The SMILES string of the molecule is Cc1nc2cc(NCC(F)(F)F)ccc2c(=O)n1-c1ccc(NC(=O)NS(=O)(=O)c2ccc(Cl)s2)cn1. The smallest absolute Gasteiger partial charge is 0.376 e. The van der Waals surface area contributed by atoms with E-state index in [0.717, 1.165) is 11.3 Å². The largest absolute Gasteiger partial charge is 0.405 e. The number of carbonyl (C=O) groups is 1. The fourth-order valence-electron chi connectivity index (χ4n) is 3.24. The monoisotopic (exact) mass is 572 g/mol. The normalized spacial score (nSPS) is 11.9. The molecule has 1 aromatic carbocycles. The molecule has 0 radical (unpaired) electrons. The van der Waals surface area contributed by atoms with Gasteiger partial charge in [0.15, 0.2) is 0 Å². The van der Waals surface area contributed by atoms with E-state index < -0.39 is 34.3 Å². The summed E-state index contributed by atoms with van der Waals surface area (Å²) in [5, 5.41) is 4.73. The summed E-state index contributed by atoms with van der Waals surface area (Å²) in [5.74, 6) is 0.375. The Balaban J connectivity index is 1.52. The molecule has 16 heteroatoms. The quantitative estimate of drug-likeness (QED) is 0.314. The van der Waals surface area contributed by atoms with Crippen LogP contribution in [0.1, 0.15) is 5.82 Å². The molecule has 4 aromatic rings. The standard InChI is InChI=1S/C21H16ClF3N6O4S2/c1-11-28-15-8-12(27-10-21(23,24)25)2-4-14(15)19(32)31(11)17-6-3-13(9-26-17)29-20(33)30-37(34,35)18-7-5-16(22)36-18/h2-9,27H,10H2,1H3,(H2,29,30,33). The molecule has 0 spiro atoms. The number of anilines is 2. The number of alkyl halides is 3. The van der Waals surface area contributed by atoms with Gasteiger partial charge in [0.1, 0.15) is 22.4 Å². The van der Waals surface area contributed by atoms with E-state index in [9.17, 15) is 31.2 Å². The summed E-state index contributed by atoms with van der Waals surface area (Å²) in [6.07, 6.45) is -3.19. The first-order valence-corrected chi connectivity index (χ1v) is 12.9. The zero-order valence-corrected chi connectivity index (χ0v) is 21.0. The first kappa shape index (κ1) is 26.4. The van der Waals surface area contributed by atoms with Gasteiger partial charge in [-0.3, -0.25) is 4.79 Å². The minimum Gasteiger partial charge on any atom is -0.376 e. The lowest BCUT2D eigenvalue weighted by molar-refractivity contribution is -0.115. The number of thiophene rings is 1. The number of aromatic nitrogens is 3. The Morgan fingerprint density at radius 2 is 1.86 bits per heavy atom. The molecular formula is C21H16ClF3N6O4S2. The zero-order chi connectivity index (χ0) is 27.0. The zero-order valence-electron chi connectivity index (χ0n) is 18.6. The van der Waals surface area contributed by atoms with Crippen LogP contribution in [0.15, 0.2) is 57.7 Å². The molecule has 0 aliphatic carbocycles. The Morgan fingerprint density at radius 1 is 1.14 bits per heavy atom. The lowest BCUT2D eigenvalue weighted by Crippen LogP contribution is -2.34. The van der Waals surface area contributed by atoms with Crippen LogP contribution < -0.4 is 20.9 Å². The van der Waals surface area contributed by atoms with Crippen LogP contribution in [-0.4, -0.2) is 41.7 Å². The molecule has 3 aromatic heterocycles. The Labute approximate surface area is 216 Å². The molecule has 0 unspecified atom stereocenters. The number of carbonyl (C=O) groups excluding carboxylic acids is 1. The number of rotatable bonds is 6. The summed E-state index contributed by atoms with van der Waals surface area (Å²) in [7, 11) is -4.12. The Morgan fingerprint density at radius 3 is 2.49 bits per heavy atom. The molecule has 0 aliphatic heterocycles. The molecule has 194 valence electrons. The van der Waals surface area contributed by atoms with Gasteiger partial charge in [-0.2, -0.15) is 13.2 Å². The molecule has 0 bridgehead atoms.